The highest BCUT2D eigenvalue weighted by Crippen LogP contribution is 2.59. The first-order valence-corrected chi connectivity index (χ1v) is 10.8. The lowest BCUT2D eigenvalue weighted by atomic mass is 9.90. The van der Waals surface area contributed by atoms with Crippen LogP contribution in [0.1, 0.15) is 35.2 Å². The van der Waals surface area contributed by atoms with Crippen molar-refractivity contribution in [1.82, 2.24) is 15.2 Å². The zero-order valence-electron chi connectivity index (χ0n) is 18.1. The quantitative estimate of drug-likeness (QED) is 0.741. The summed E-state index contributed by atoms with van der Waals surface area (Å²) in [6.07, 6.45) is 3.45. The number of nitrogens with zero attached hydrogens (tertiary/aromatic N) is 2. The molecule has 7 heteroatoms. The first-order chi connectivity index (χ1) is 15.1. The summed E-state index contributed by atoms with van der Waals surface area (Å²) in [6.45, 7) is 1.94. The number of ether oxygens (including phenoxy) is 2. The average molecular weight is 424 g/mol. The largest absolute Gasteiger partial charge is 0.481 e. The number of hydrogen-bond acceptors (Lipinski definition) is 5. The van der Waals surface area contributed by atoms with Gasteiger partial charge < -0.3 is 19.7 Å². The fourth-order valence-corrected chi connectivity index (χ4v) is 4.55. The van der Waals surface area contributed by atoms with Crippen LogP contribution in [-0.4, -0.2) is 55.6 Å². The number of piperidine rings is 1. The Balaban J connectivity index is 1.28. The number of hydrogen-bond donors (Lipinski definition) is 1. The molecule has 2 aliphatic rings. The number of nitrogens with one attached hydrogen (secondary N) is 1. The minimum absolute atomic E-state index is 0.0514. The SMILES string of the molecule is COc1ccc(C(=O)N2CCC3(CC2)CC3C(=O)NCCc2ccccc2)c(OC)n1. The summed E-state index contributed by atoms with van der Waals surface area (Å²) >= 11 is 0. The van der Waals surface area contributed by atoms with Gasteiger partial charge in [0.15, 0.2) is 0 Å². The Morgan fingerprint density at radius 3 is 2.52 bits per heavy atom. The Kier molecular flexibility index (Phi) is 6.11. The first-order valence-electron chi connectivity index (χ1n) is 10.8. The smallest absolute Gasteiger partial charge is 0.259 e. The molecule has 4 rings (SSSR count). The molecule has 0 bridgehead atoms. The average Bonchev–Trinajstić information content (AvgIpc) is 3.52. The van der Waals surface area contributed by atoms with Gasteiger partial charge >= 0.3 is 0 Å². The maximum absolute atomic E-state index is 13.0. The van der Waals surface area contributed by atoms with Gasteiger partial charge in [0.25, 0.3) is 5.91 Å². The van der Waals surface area contributed by atoms with Crippen LogP contribution < -0.4 is 14.8 Å². The highest BCUT2D eigenvalue weighted by Gasteiger charge is 2.58. The number of methoxy groups -OCH3 is 2. The molecule has 1 N–H and O–H groups in total. The lowest BCUT2D eigenvalue weighted by Crippen LogP contribution is -2.41. The van der Waals surface area contributed by atoms with Gasteiger partial charge in [0.05, 0.1) is 14.2 Å². The highest BCUT2D eigenvalue weighted by atomic mass is 16.5. The van der Waals surface area contributed by atoms with Crippen molar-refractivity contribution in [2.24, 2.45) is 11.3 Å². The van der Waals surface area contributed by atoms with E-state index in [1.807, 2.05) is 23.1 Å². The predicted molar refractivity (Wildman–Crippen MR) is 116 cm³/mol. The molecule has 1 atom stereocenters. The van der Waals surface area contributed by atoms with E-state index in [0.717, 1.165) is 25.7 Å². The van der Waals surface area contributed by atoms with Crippen LogP contribution in [0.15, 0.2) is 42.5 Å². The van der Waals surface area contributed by atoms with Gasteiger partial charge in [0, 0.05) is 31.6 Å². The van der Waals surface area contributed by atoms with Crippen LogP contribution in [-0.2, 0) is 11.2 Å². The van der Waals surface area contributed by atoms with E-state index >= 15 is 0 Å². The van der Waals surface area contributed by atoms with Gasteiger partial charge in [-0.25, -0.2) is 0 Å². The number of carbonyl (C=O) groups excluding carboxylic acids is 2. The van der Waals surface area contributed by atoms with Gasteiger partial charge in [-0.1, -0.05) is 30.3 Å². The molecule has 1 aliphatic carbocycles. The van der Waals surface area contributed by atoms with Gasteiger partial charge in [0.1, 0.15) is 5.56 Å². The maximum atomic E-state index is 13.0. The van der Waals surface area contributed by atoms with Crippen LogP contribution in [0.25, 0.3) is 0 Å². The van der Waals surface area contributed by atoms with Gasteiger partial charge in [-0.3, -0.25) is 9.59 Å². The van der Waals surface area contributed by atoms with Crippen molar-refractivity contribution in [2.75, 3.05) is 33.9 Å². The lowest BCUT2D eigenvalue weighted by molar-refractivity contribution is -0.123. The second kappa shape index (κ2) is 8.96. The third-order valence-electron chi connectivity index (χ3n) is 6.58. The molecule has 0 radical (unpaired) electrons. The topological polar surface area (TPSA) is 80.8 Å². The molecule has 2 fully saturated rings. The normalized spacial score (nSPS) is 19.0. The number of likely N-dealkylation sites (tertiary alicyclic amines) is 1. The highest BCUT2D eigenvalue weighted by molar-refractivity contribution is 5.96. The summed E-state index contributed by atoms with van der Waals surface area (Å²) in [4.78, 5) is 31.6. The summed E-state index contributed by atoms with van der Waals surface area (Å²) in [5.74, 6) is 0.803. The van der Waals surface area contributed by atoms with Gasteiger partial charge in [-0.2, -0.15) is 4.98 Å². The summed E-state index contributed by atoms with van der Waals surface area (Å²) in [6, 6.07) is 13.5. The van der Waals surface area contributed by atoms with Crippen molar-refractivity contribution < 1.29 is 19.1 Å². The number of aromatic nitrogens is 1. The molecule has 1 aliphatic heterocycles. The van der Waals surface area contributed by atoms with Gasteiger partial charge in [-0.15, -0.1) is 0 Å². The molecule has 164 valence electrons. The molecular formula is C24H29N3O4. The predicted octanol–water partition coefficient (Wildman–Crippen LogP) is 2.70. The molecule has 31 heavy (non-hydrogen) atoms. The zero-order chi connectivity index (χ0) is 21.8. The van der Waals surface area contributed by atoms with Crippen molar-refractivity contribution in [3.8, 4) is 11.8 Å². The summed E-state index contributed by atoms with van der Waals surface area (Å²) in [7, 11) is 3.02. The minimum atomic E-state index is -0.0913. The molecule has 1 saturated carbocycles. The van der Waals surface area contributed by atoms with E-state index in [-0.39, 0.29) is 29.0 Å². The molecule has 1 saturated heterocycles. The Morgan fingerprint density at radius 2 is 1.84 bits per heavy atom. The molecule has 1 unspecified atom stereocenters. The van der Waals surface area contributed by atoms with Crippen LogP contribution in [0.4, 0.5) is 0 Å². The summed E-state index contributed by atoms with van der Waals surface area (Å²) in [5.41, 5.74) is 1.71. The van der Waals surface area contributed by atoms with Crippen LogP contribution >= 0.6 is 0 Å². The van der Waals surface area contributed by atoms with E-state index in [0.29, 0.717) is 31.1 Å². The first kappa shape index (κ1) is 21.2. The van der Waals surface area contributed by atoms with Gasteiger partial charge in [-0.05, 0) is 42.7 Å². The number of rotatable bonds is 7. The Bertz CT molecular complexity index is 939. The van der Waals surface area contributed by atoms with Crippen molar-refractivity contribution >= 4 is 11.8 Å². The second-order valence-electron chi connectivity index (χ2n) is 8.35. The minimum Gasteiger partial charge on any atom is -0.481 e. The van der Waals surface area contributed by atoms with E-state index in [2.05, 4.69) is 22.4 Å². The van der Waals surface area contributed by atoms with Crippen molar-refractivity contribution in [3.05, 3.63) is 53.6 Å². The van der Waals surface area contributed by atoms with E-state index in [1.54, 1.807) is 12.1 Å². The third-order valence-corrected chi connectivity index (χ3v) is 6.58. The maximum Gasteiger partial charge on any atom is 0.259 e. The summed E-state index contributed by atoms with van der Waals surface area (Å²) in [5, 5.41) is 3.09. The van der Waals surface area contributed by atoms with E-state index in [4.69, 9.17) is 9.47 Å². The van der Waals surface area contributed by atoms with E-state index < -0.39 is 0 Å². The van der Waals surface area contributed by atoms with Crippen LogP contribution in [0, 0.1) is 11.3 Å². The van der Waals surface area contributed by atoms with Crippen molar-refractivity contribution in [3.63, 3.8) is 0 Å². The molecule has 1 aromatic heterocycles. The van der Waals surface area contributed by atoms with Crippen LogP contribution in [0.2, 0.25) is 0 Å². The number of carbonyl (C=O) groups is 2. The molecule has 2 amide bonds. The molecule has 2 aromatic rings. The standard InChI is InChI=1S/C24H29N3O4/c1-30-20-9-8-18(22(26-20)31-2)23(29)27-14-11-24(12-15-27)16-19(24)21(28)25-13-10-17-6-4-3-5-7-17/h3-9,19H,10-16H2,1-2H3,(H,25,28). The Hall–Kier alpha value is -3.09. The number of benzene rings is 1. The third kappa shape index (κ3) is 4.50. The molecule has 7 nitrogen and oxygen atoms in total. The van der Waals surface area contributed by atoms with E-state index in [9.17, 15) is 9.59 Å². The van der Waals surface area contributed by atoms with Crippen molar-refractivity contribution in [2.45, 2.75) is 25.7 Å². The number of pyridine rings is 1. The van der Waals surface area contributed by atoms with Crippen LogP contribution in [0.3, 0.4) is 0 Å². The monoisotopic (exact) mass is 423 g/mol. The zero-order valence-corrected chi connectivity index (χ0v) is 18.1. The van der Waals surface area contributed by atoms with Crippen LogP contribution in [0.5, 0.6) is 11.8 Å². The fourth-order valence-electron chi connectivity index (χ4n) is 4.55. The second-order valence-corrected chi connectivity index (χ2v) is 8.35. The van der Waals surface area contributed by atoms with Crippen molar-refractivity contribution in [1.29, 1.82) is 0 Å². The summed E-state index contributed by atoms with van der Waals surface area (Å²) < 4.78 is 10.4. The molecule has 1 aromatic carbocycles. The Labute approximate surface area is 182 Å². The molecule has 2 heterocycles. The fraction of sp³-hybridized carbons (Fsp3) is 0.458. The number of amides is 2. The molecule has 1 spiro atoms. The lowest BCUT2D eigenvalue weighted by Gasteiger charge is -2.33. The van der Waals surface area contributed by atoms with E-state index in [1.165, 1.54) is 19.8 Å². The molecular weight excluding hydrogens is 394 g/mol. The Morgan fingerprint density at radius 1 is 1.10 bits per heavy atom. The van der Waals surface area contributed by atoms with Gasteiger partial charge in [0.2, 0.25) is 17.7 Å².